The number of fused-ring (bicyclic) bond motifs is 2. The molecule has 4 rings (SSSR count). The van der Waals surface area contributed by atoms with Crippen molar-refractivity contribution in [3.05, 3.63) is 65.2 Å². The Labute approximate surface area is 157 Å². The van der Waals surface area contributed by atoms with Crippen LogP contribution in [0.2, 0.25) is 0 Å². The van der Waals surface area contributed by atoms with Crippen LogP contribution >= 0.6 is 0 Å². The molecule has 2 aromatic carbocycles. The number of para-hydroxylation sites is 1. The third kappa shape index (κ3) is 3.07. The zero-order valence-electron chi connectivity index (χ0n) is 15.0. The number of ether oxygens (including phenoxy) is 1. The van der Waals surface area contributed by atoms with Gasteiger partial charge in [-0.3, -0.25) is 19.3 Å². The minimum absolute atomic E-state index is 0.00915. The van der Waals surface area contributed by atoms with Crippen LogP contribution in [0.1, 0.15) is 45.5 Å². The second-order valence-electron chi connectivity index (χ2n) is 6.90. The summed E-state index contributed by atoms with van der Waals surface area (Å²) in [6.07, 6.45) is 0.642. The molecule has 0 aliphatic carbocycles. The van der Waals surface area contributed by atoms with Crippen molar-refractivity contribution in [3.8, 4) is 0 Å². The fourth-order valence-corrected chi connectivity index (χ4v) is 3.74. The lowest BCUT2D eigenvalue weighted by Crippen LogP contribution is -2.35. The second kappa shape index (κ2) is 6.87. The second-order valence-corrected chi connectivity index (χ2v) is 6.90. The van der Waals surface area contributed by atoms with Gasteiger partial charge in [0, 0.05) is 11.7 Å². The first-order valence-electron chi connectivity index (χ1n) is 9.03. The first kappa shape index (κ1) is 17.3. The maximum absolute atomic E-state index is 12.6. The van der Waals surface area contributed by atoms with Gasteiger partial charge in [0.2, 0.25) is 0 Å². The molecule has 2 atom stereocenters. The van der Waals surface area contributed by atoms with Crippen LogP contribution in [-0.2, 0) is 9.53 Å². The lowest BCUT2D eigenvalue weighted by Gasteiger charge is -2.30. The molecule has 0 spiro atoms. The minimum atomic E-state index is -0.348. The van der Waals surface area contributed by atoms with E-state index in [4.69, 9.17) is 4.74 Å². The van der Waals surface area contributed by atoms with E-state index < -0.39 is 0 Å². The van der Waals surface area contributed by atoms with Gasteiger partial charge in [-0.25, -0.2) is 0 Å². The van der Waals surface area contributed by atoms with Crippen LogP contribution in [0.25, 0.3) is 0 Å². The van der Waals surface area contributed by atoms with E-state index >= 15 is 0 Å². The highest BCUT2D eigenvalue weighted by Crippen LogP contribution is 2.34. The van der Waals surface area contributed by atoms with Gasteiger partial charge in [-0.2, -0.15) is 0 Å². The number of nitrogens with one attached hydrogen (secondary N) is 1. The molecular formula is C21H20N2O4. The van der Waals surface area contributed by atoms with Gasteiger partial charge in [-0.15, -0.1) is 0 Å². The summed E-state index contributed by atoms with van der Waals surface area (Å²) in [6.45, 7) is 2.07. The monoisotopic (exact) mass is 364 g/mol. The Hall–Kier alpha value is -3.15. The smallest absolute Gasteiger partial charge is 0.313 e. The Bertz CT molecular complexity index is 889. The van der Waals surface area contributed by atoms with Crippen molar-refractivity contribution < 1.29 is 19.1 Å². The van der Waals surface area contributed by atoms with Crippen molar-refractivity contribution in [2.24, 2.45) is 0 Å². The zero-order valence-corrected chi connectivity index (χ0v) is 15.0. The van der Waals surface area contributed by atoms with Gasteiger partial charge < -0.3 is 10.1 Å². The summed E-state index contributed by atoms with van der Waals surface area (Å²) in [6, 6.07) is 14.6. The van der Waals surface area contributed by atoms with Gasteiger partial charge in [-0.05, 0) is 37.1 Å². The predicted molar refractivity (Wildman–Crippen MR) is 99.7 cm³/mol. The number of hydrogen-bond donors (Lipinski definition) is 1. The van der Waals surface area contributed by atoms with Gasteiger partial charge in [0.05, 0.1) is 23.6 Å². The first-order valence-corrected chi connectivity index (χ1v) is 9.03. The van der Waals surface area contributed by atoms with Crippen LogP contribution in [-0.4, -0.2) is 41.9 Å². The van der Waals surface area contributed by atoms with Crippen molar-refractivity contribution >= 4 is 23.5 Å². The van der Waals surface area contributed by atoms with Crippen LogP contribution in [0.5, 0.6) is 0 Å². The number of amides is 2. The Balaban J connectivity index is 1.40. The highest BCUT2D eigenvalue weighted by atomic mass is 16.5. The zero-order chi connectivity index (χ0) is 19.0. The fraction of sp³-hybridized carbons (Fsp3) is 0.286. The number of carbonyl (C=O) groups is 3. The quantitative estimate of drug-likeness (QED) is 0.667. The third-order valence-corrected chi connectivity index (χ3v) is 5.05. The van der Waals surface area contributed by atoms with Crippen LogP contribution in [0.15, 0.2) is 48.5 Å². The van der Waals surface area contributed by atoms with Crippen LogP contribution in [0.4, 0.5) is 5.69 Å². The van der Waals surface area contributed by atoms with E-state index in [-0.39, 0.29) is 42.9 Å². The molecule has 0 fully saturated rings. The Kier molecular flexibility index (Phi) is 4.39. The summed E-state index contributed by atoms with van der Waals surface area (Å²) in [5, 5.41) is 3.36. The van der Waals surface area contributed by atoms with Gasteiger partial charge in [0.15, 0.2) is 0 Å². The standard InChI is InChI=1S/C21H20N2O4/c1-13-12-17(14-6-4-5-9-18(14)22-13)21(26)27-11-10-23-19(24)15-7-2-3-8-16(15)20(23)25/h2-9,13,17,22H,10-12H2,1H3/t13-,17+/m1/s1. The van der Waals surface area contributed by atoms with E-state index in [9.17, 15) is 14.4 Å². The molecule has 27 heavy (non-hydrogen) atoms. The molecule has 0 aromatic heterocycles. The number of anilines is 1. The number of hydrogen-bond acceptors (Lipinski definition) is 5. The molecule has 2 aliphatic heterocycles. The molecule has 0 saturated heterocycles. The van der Waals surface area contributed by atoms with E-state index in [1.54, 1.807) is 24.3 Å². The summed E-state index contributed by atoms with van der Waals surface area (Å²) < 4.78 is 5.43. The van der Waals surface area contributed by atoms with Crippen LogP contribution in [0.3, 0.4) is 0 Å². The highest BCUT2D eigenvalue weighted by Gasteiger charge is 2.35. The van der Waals surface area contributed by atoms with E-state index in [2.05, 4.69) is 5.32 Å². The molecule has 0 saturated carbocycles. The lowest BCUT2D eigenvalue weighted by atomic mass is 9.87. The first-order chi connectivity index (χ1) is 13.1. The molecule has 0 bridgehead atoms. The molecule has 6 heteroatoms. The Morgan fingerprint density at radius 2 is 1.70 bits per heavy atom. The van der Waals surface area contributed by atoms with Crippen molar-refractivity contribution in [2.45, 2.75) is 25.3 Å². The molecule has 138 valence electrons. The minimum Gasteiger partial charge on any atom is -0.463 e. The average molecular weight is 364 g/mol. The maximum Gasteiger partial charge on any atom is 0.313 e. The summed E-state index contributed by atoms with van der Waals surface area (Å²) in [5.41, 5.74) is 2.66. The fourth-order valence-electron chi connectivity index (χ4n) is 3.74. The van der Waals surface area contributed by atoms with Gasteiger partial charge >= 0.3 is 5.97 Å². The molecule has 2 amide bonds. The van der Waals surface area contributed by atoms with E-state index in [1.165, 1.54) is 0 Å². The number of benzene rings is 2. The summed E-state index contributed by atoms with van der Waals surface area (Å²) >= 11 is 0. The van der Waals surface area contributed by atoms with Gasteiger partial charge in [0.1, 0.15) is 6.61 Å². The number of esters is 1. The molecule has 1 N–H and O–H groups in total. The molecule has 2 heterocycles. The predicted octanol–water partition coefficient (Wildman–Crippen LogP) is 2.81. The number of nitrogens with zero attached hydrogens (tertiary/aromatic N) is 1. The van der Waals surface area contributed by atoms with E-state index in [0.717, 1.165) is 16.2 Å². The van der Waals surface area contributed by atoms with Crippen molar-refractivity contribution in [1.29, 1.82) is 0 Å². The molecule has 0 unspecified atom stereocenters. The van der Waals surface area contributed by atoms with Crippen molar-refractivity contribution in [3.63, 3.8) is 0 Å². The Morgan fingerprint density at radius 1 is 1.07 bits per heavy atom. The van der Waals surface area contributed by atoms with Gasteiger partial charge in [-0.1, -0.05) is 30.3 Å². The number of imide groups is 1. The lowest BCUT2D eigenvalue weighted by molar-refractivity contribution is -0.146. The highest BCUT2D eigenvalue weighted by molar-refractivity contribution is 6.21. The van der Waals surface area contributed by atoms with E-state index in [0.29, 0.717) is 17.5 Å². The van der Waals surface area contributed by atoms with Crippen LogP contribution < -0.4 is 5.32 Å². The Morgan fingerprint density at radius 3 is 2.41 bits per heavy atom. The molecule has 6 nitrogen and oxygen atoms in total. The van der Waals surface area contributed by atoms with Gasteiger partial charge in [0.25, 0.3) is 11.8 Å². The maximum atomic E-state index is 12.6. The van der Waals surface area contributed by atoms with Crippen molar-refractivity contribution in [1.82, 2.24) is 4.90 Å². The molecular weight excluding hydrogens is 344 g/mol. The summed E-state index contributed by atoms with van der Waals surface area (Å²) in [4.78, 5) is 38.5. The summed E-state index contributed by atoms with van der Waals surface area (Å²) in [7, 11) is 0. The van der Waals surface area contributed by atoms with Crippen molar-refractivity contribution in [2.75, 3.05) is 18.5 Å². The topological polar surface area (TPSA) is 75.7 Å². The molecule has 0 radical (unpaired) electrons. The number of carbonyl (C=O) groups excluding carboxylic acids is 3. The molecule has 2 aliphatic rings. The number of rotatable bonds is 4. The normalized spacial score (nSPS) is 20.7. The SMILES string of the molecule is C[C@@H]1C[C@H](C(=O)OCCN2C(=O)c3ccccc3C2=O)c2ccccc2N1. The third-order valence-electron chi connectivity index (χ3n) is 5.05. The largest absolute Gasteiger partial charge is 0.463 e. The summed E-state index contributed by atoms with van der Waals surface area (Å²) in [5.74, 6) is -1.35. The average Bonchev–Trinajstić information content (AvgIpc) is 2.92. The van der Waals surface area contributed by atoms with Crippen LogP contribution in [0, 0.1) is 0 Å². The molecule has 2 aromatic rings. The van der Waals surface area contributed by atoms with E-state index in [1.807, 2.05) is 31.2 Å².